The number of thiophene rings is 1. The fourth-order valence-electron chi connectivity index (χ4n) is 2.60. The quantitative estimate of drug-likeness (QED) is 0.823. The Bertz CT molecular complexity index is 595. The van der Waals surface area contributed by atoms with Gasteiger partial charge in [0, 0.05) is 10.9 Å². The van der Waals surface area contributed by atoms with E-state index in [9.17, 15) is 4.79 Å². The second kappa shape index (κ2) is 8.27. The van der Waals surface area contributed by atoms with Crippen LogP contribution in [0.15, 0.2) is 47.8 Å². The molecular formula is C19H26N2OS. The van der Waals surface area contributed by atoms with Crippen LogP contribution in [0.3, 0.4) is 0 Å². The molecule has 1 aromatic heterocycles. The summed E-state index contributed by atoms with van der Waals surface area (Å²) in [4.78, 5) is 15.7. The Labute approximate surface area is 143 Å². The molecule has 23 heavy (non-hydrogen) atoms. The second-order valence-corrected chi connectivity index (χ2v) is 7.29. The molecule has 2 aromatic rings. The van der Waals surface area contributed by atoms with Gasteiger partial charge in [0.15, 0.2) is 0 Å². The molecule has 0 fully saturated rings. The summed E-state index contributed by atoms with van der Waals surface area (Å²) >= 11 is 1.70. The minimum Gasteiger partial charge on any atom is -0.347 e. The summed E-state index contributed by atoms with van der Waals surface area (Å²) in [5.41, 5.74) is 1.22. The van der Waals surface area contributed by atoms with Crippen LogP contribution in [0.5, 0.6) is 0 Å². The lowest BCUT2D eigenvalue weighted by atomic mass is 10.0. The highest BCUT2D eigenvalue weighted by molar-refractivity contribution is 7.10. The Balaban J connectivity index is 1.95. The molecule has 0 aliphatic carbocycles. The van der Waals surface area contributed by atoms with E-state index in [4.69, 9.17) is 0 Å². The zero-order valence-electron chi connectivity index (χ0n) is 14.3. The Morgan fingerprint density at radius 2 is 1.83 bits per heavy atom. The van der Waals surface area contributed by atoms with Crippen LogP contribution in [0.1, 0.15) is 43.3 Å². The summed E-state index contributed by atoms with van der Waals surface area (Å²) in [6.45, 7) is 6.80. The summed E-state index contributed by atoms with van der Waals surface area (Å²) in [6.07, 6.45) is 0. The summed E-state index contributed by atoms with van der Waals surface area (Å²) in [6, 6.07) is 14.7. The lowest BCUT2D eigenvalue weighted by molar-refractivity contribution is -0.123. The zero-order valence-corrected chi connectivity index (χ0v) is 15.1. The van der Waals surface area contributed by atoms with Crippen LogP contribution in [-0.2, 0) is 4.79 Å². The number of carbonyl (C=O) groups excluding carboxylic acids is 1. The molecule has 0 spiro atoms. The van der Waals surface area contributed by atoms with Gasteiger partial charge in [-0.3, -0.25) is 9.69 Å². The Morgan fingerprint density at radius 1 is 1.13 bits per heavy atom. The zero-order chi connectivity index (χ0) is 16.8. The maximum atomic E-state index is 12.5. The van der Waals surface area contributed by atoms with Crippen LogP contribution in [0, 0.1) is 5.92 Å². The first-order valence-electron chi connectivity index (χ1n) is 8.07. The molecule has 4 heteroatoms. The van der Waals surface area contributed by atoms with Crippen molar-refractivity contribution < 1.29 is 4.79 Å². The lowest BCUT2D eigenvalue weighted by Gasteiger charge is -2.27. The Morgan fingerprint density at radius 3 is 2.39 bits per heavy atom. The van der Waals surface area contributed by atoms with Crippen LogP contribution in [0.4, 0.5) is 0 Å². The van der Waals surface area contributed by atoms with Crippen LogP contribution >= 0.6 is 11.3 Å². The van der Waals surface area contributed by atoms with Crippen molar-refractivity contribution in [3.63, 3.8) is 0 Å². The van der Waals surface area contributed by atoms with E-state index < -0.39 is 0 Å². The van der Waals surface area contributed by atoms with Gasteiger partial charge >= 0.3 is 0 Å². The summed E-state index contributed by atoms with van der Waals surface area (Å²) in [5, 5.41) is 5.24. The summed E-state index contributed by atoms with van der Waals surface area (Å²) in [7, 11) is 1.99. The number of hydrogen-bond acceptors (Lipinski definition) is 3. The third kappa shape index (κ3) is 4.91. The van der Waals surface area contributed by atoms with E-state index >= 15 is 0 Å². The summed E-state index contributed by atoms with van der Waals surface area (Å²) < 4.78 is 0. The molecular weight excluding hydrogens is 304 g/mol. The largest absolute Gasteiger partial charge is 0.347 e. The van der Waals surface area contributed by atoms with E-state index in [1.807, 2.05) is 31.3 Å². The Kier molecular flexibility index (Phi) is 6.37. The number of amides is 1. The second-order valence-electron chi connectivity index (χ2n) is 6.31. The van der Waals surface area contributed by atoms with Crippen molar-refractivity contribution in [2.45, 2.75) is 32.9 Å². The van der Waals surface area contributed by atoms with E-state index in [1.165, 1.54) is 10.4 Å². The molecule has 1 N–H and O–H groups in total. The molecule has 0 saturated carbocycles. The highest BCUT2D eigenvalue weighted by Gasteiger charge is 2.21. The molecule has 0 aliphatic rings. The molecule has 0 radical (unpaired) electrons. The van der Waals surface area contributed by atoms with Crippen molar-refractivity contribution in [1.82, 2.24) is 10.2 Å². The fourth-order valence-corrected chi connectivity index (χ4v) is 3.55. The molecule has 1 heterocycles. The summed E-state index contributed by atoms with van der Waals surface area (Å²) in [5.74, 6) is 0.442. The van der Waals surface area contributed by atoms with E-state index in [2.05, 4.69) is 54.6 Å². The molecule has 2 atom stereocenters. The number of hydrogen-bond donors (Lipinski definition) is 1. The number of likely N-dealkylation sites (N-methyl/N-ethyl adjacent to an activating group) is 1. The Hall–Kier alpha value is -1.65. The van der Waals surface area contributed by atoms with Crippen molar-refractivity contribution >= 4 is 17.2 Å². The van der Waals surface area contributed by atoms with Gasteiger partial charge in [-0.1, -0.05) is 50.2 Å². The fraction of sp³-hybridized carbons (Fsp3) is 0.421. The van der Waals surface area contributed by atoms with Crippen LogP contribution in [0.2, 0.25) is 0 Å². The third-order valence-corrected chi connectivity index (χ3v) is 5.12. The first kappa shape index (κ1) is 17.7. The van der Waals surface area contributed by atoms with Crippen molar-refractivity contribution in [2.24, 2.45) is 5.92 Å². The van der Waals surface area contributed by atoms with Gasteiger partial charge in [-0.25, -0.2) is 0 Å². The SMILES string of the molecule is CC(C)[C@@H](NC(=O)CN(C)[C@H](C)c1ccccc1)c1cccs1. The molecule has 0 saturated heterocycles. The average molecular weight is 330 g/mol. The van der Waals surface area contributed by atoms with E-state index in [0.717, 1.165) is 0 Å². The highest BCUT2D eigenvalue weighted by atomic mass is 32.1. The average Bonchev–Trinajstić information content (AvgIpc) is 3.06. The molecule has 124 valence electrons. The third-order valence-electron chi connectivity index (χ3n) is 4.17. The van der Waals surface area contributed by atoms with Gasteiger partial charge in [0.2, 0.25) is 5.91 Å². The van der Waals surface area contributed by atoms with Gasteiger partial charge in [-0.15, -0.1) is 11.3 Å². The van der Waals surface area contributed by atoms with Crippen molar-refractivity contribution in [3.05, 3.63) is 58.3 Å². The van der Waals surface area contributed by atoms with Crippen LogP contribution in [-0.4, -0.2) is 24.4 Å². The molecule has 2 rings (SSSR count). The molecule has 0 bridgehead atoms. The van der Waals surface area contributed by atoms with E-state index in [1.54, 1.807) is 11.3 Å². The van der Waals surface area contributed by atoms with E-state index in [0.29, 0.717) is 12.5 Å². The molecule has 1 amide bonds. The van der Waals surface area contributed by atoms with Gasteiger partial charge in [-0.2, -0.15) is 0 Å². The molecule has 1 aromatic carbocycles. The van der Waals surface area contributed by atoms with Crippen molar-refractivity contribution in [2.75, 3.05) is 13.6 Å². The minimum atomic E-state index is 0.0716. The van der Waals surface area contributed by atoms with Gasteiger partial charge < -0.3 is 5.32 Å². The standard InChI is InChI=1S/C19H26N2OS/c1-14(2)19(17-11-8-12-23-17)20-18(22)13-21(4)15(3)16-9-6-5-7-10-16/h5-12,14-15,19H,13H2,1-4H3,(H,20,22)/t15-,19-/m1/s1. The number of nitrogens with zero attached hydrogens (tertiary/aromatic N) is 1. The minimum absolute atomic E-state index is 0.0716. The van der Waals surface area contributed by atoms with Crippen molar-refractivity contribution in [1.29, 1.82) is 0 Å². The maximum Gasteiger partial charge on any atom is 0.234 e. The van der Waals surface area contributed by atoms with Gasteiger partial charge in [0.05, 0.1) is 12.6 Å². The monoisotopic (exact) mass is 330 g/mol. The molecule has 3 nitrogen and oxygen atoms in total. The number of benzene rings is 1. The van der Waals surface area contributed by atoms with Gasteiger partial charge in [0.25, 0.3) is 0 Å². The number of carbonyl (C=O) groups is 1. The van der Waals surface area contributed by atoms with E-state index in [-0.39, 0.29) is 18.0 Å². The lowest BCUT2D eigenvalue weighted by Crippen LogP contribution is -2.39. The van der Waals surface area contributed by atoms with Gasteiger partial charge in [-0.05, 0) is 36.9 Å². The molecule has 0 unspecified atom stereocenters. The number of nitrogens with one attached hydrogen (secondary N) is 1. The predicted octanol–water partition coefficient (Wildman–Crippen LogP) is 4.25. The van der Waals surface area contributed by atoms with Crippen LogP contribution in [0.25, 0.3) is 0 Å². The first-order valence-corrected chi connectivity index (χ1v) is 8.95. The highest BCUT2D eigenvalue weighted by Crippen LogP contribution is 2.26. The van der Waals surface area contributed by atoms with Crippen LogP contribution < -0.4 is 5.32 Å². The first-order chi connectivity index (χ1) is 11.0. The number of rotatable bonds is 7. The normalized spacial score (nSPS) is 14.0. The maximum absolute atomic E-state index is 12.5. The van der Waals surface area contributed by atoms with Crippen molar-refractivity contribution in [3.8, 4) is 0 Å². The van der Waals surface area contributed by atoms with Gasteiger partial charge in [0.1, 0.15) is 0 Å². The topological polar surface area (TPSA) is 32.3 Å². The predicted molar refractivity (Wildman–Crippen MR) is 97.5 cm³/mol. The molecule has 0 aliphatic heterocycles. The smallest absolute Gasteiger partial charge is 0.234 e.